The Labute approximate surface area is 139 Å². The molecule has 2 unspecified atom stereocenters. The minimum Gasteiger partial charge on any atom is -0.423 e. The number of aliphatic imine (C=N–C) groups is 1. The Morgan fingerprint density at radius 2 is 1.96 bits per heavy atom. The fourth-order valence-electron chi connectivity index (χ4n) is 3.25. The first-order valence-corrected chi connectivity index (χ1v) is 8.01. The van der Waals surface area contributed by atoms with Crippen molar-refractivity contribution in [1.82, 2.24) is 14.7 Å². The molecule has 1 aromatic rings. The first-order valence-electron chi connectivity index (χ1n) is 8.01. The second kappa shape index (κ2) is 5.36. The lowest BCUT2D eigenvalue weighted by molar-refractivity contribution is -0.136. The van der Waals surface area contributed by atoms with Gasteiger partial charge in [-0.3, -0.25) is 14.6 Å². The number of hydrogen-bond donors (Lipinski definition) is 0. The molecule has 0 bridgehead atoms. The van der Waals surface area contributed by atoms with Crippen molar-refractivity contribution in [3.8, 4) is 0 Å². The molecule has 4 rings (SSSR count). The molecule has 0 aromatic heterocycles. The van der Waals surface area contributed by atoms with Gasteiger partial charge in [0.05, 0.1) is 6.20 Å². The zero-order chi connectivity index (χ0) is 16.8. The van der Waals surface area contributed by atoms with Crippen molar-refractivity contribution < 1.29 is 14.3 Å². The van der Waals surface area contributed by atoms with Gasteiger partial charge in [-0.25, -0.2) is 9.79 Å². The van der Waals surface area contributed by atoms with Crippen LogP contribution in [0.1, 0.15) is 18.9 Å². The van der Waals surface area contributed by atoms with Gasteiger partial charge in [0, 0.05) is 19.2 Å². The zero-order valence-corrected chi connectivity index (χ0v) is 13.5. The van der Waals surface area contributed by atoms with E-state index in [0.717, 1.165) is 12.0 Å². The predicted octanol–water partition coefficient (Wildman–Crippen LogP) is 1.69. The monoisotopic (exact) mass is 326 g/mol. The van der Waals surface area contributed by atoms with Gasteiger partial charge in [-0.1, -0.05) is 37.3 Å². The van der Waals surface area contributed by atoms with Crippen LogP contribution in [0.2, 0.25) is 0 Å². The lowest BCUT2D eigenvalue weighted by Gasteiger charge is -2.39. The van der Waals surface area contributed by atoms with Gasteiger partial charge in [-0.2, -0.15) is 0 Å². The molecule has 1 saturated heterocycles. The summed E-state index contributed by atoms with van der Waals surface area (Å²) in [4.78, 5) is 34.2. The number of benzene rings is 1. The number of carbonyl (C=O) groups excluding carboxylic acids is 2. The van der Waals surface area contributed by atoms with E-state index in [-0.39, 0.29) is 11.9 Å². The highest BCUT2D eigenvalue weighted by Gasteiger charge is 2.53. The summed E-state index contributed by atoms with van der Waals surface area (Å²) in [5.74, 6) is 0.431. The average Bonchev–Trinajstić information content (AvgIpc) is 3.15. The number of rotatable bonds is 3. The van der Waals surface area contributed by atoms with Crippen molar-refractivity contribution in [2.75, 3.05) is 13.6 Å². The molecule has 0 N–H and O–H groups in total. The topological polar surface area (TPSA) is 65.5 Å². The molecule has 7 nitrogen and oxygen atoms in total. The number of likely N-dealkylation sites (N-methyl/N-ethyl adjacent to an activating group) is 1. The molecule has 3 aliphatic heterocycles. The fourth-order valence-corrected chi connectivity index (χ4v) is 3.25. The molecule has 0 aliphatic carbocycles. The highest BCUT2D eigenvalue weighted by atomic mass is 16.5. The highest BCUT2D eigenvalue weighted by Crippen LogP contribution is 2.35. The van der Waals surface area contributed by atoms with Gasteiger partial charge in [0.1, 0.15) is 0 Å². The number of nitrogens with zero attached hydrogens (tertiary/aromatic N) is 4. The van der Waals surface area contributed by atoms with Crippen LogP contribution in [-0.2, 0) is 9.53 Å². The van der Waals surface area contributed by atoms with Crippen LogP contribution in [0.3, 0.4) is 0 Å². The molecule has 0 radical (unpaired) electrons. The second-order valence-electron chi connectivity index (χ2n) is 6.02. The lowest BCUT2D eigenvalue weighted by Crippen LogP contribution is -2.64. The Morgan fingerprint density at radius 1 is 1.21 bits per heavy atom. The Hall–Kier alpha value is -2.83. The summed E-state index contributed by atoms with van der Waals surface area (Å²) in [6.45, 7) is 2.35. The molecule has 2 atom stereocenters. The van der Waals surface area contributed by atoms with Gasteiger partial charge >= 0.3 is 6.03 Å². The molecule has 3 amide bonds. The van der Waals surface area contributed by atoms with E-state index < -0.39 is 12.2 Å². The summed E-state index contributed by atoms with van der Waals surface area (Å²) in [6, 6.07) is 9.17. The first-order chi connectivity index (χ1) is 11.6. The maximum absolute atomic E-state index is 12.8. The number of ether oxygens (including phenoxy) is 1. The van der Waals surface area contributed by atoms with Crippen LogP contribution in [0.15, 0.2) is 41.5 Å². The van der Waals surface area contributed by atoms with Gasteiger partial charge in [0.15, 0.2) is 18.0 Å². The number of hydrogen-bond acceptors (Lipinski definition) is 5. The average molecular weight is 326 g/mol. The van der Waals surface area contributed by atoms with Crippen LogP contribution in [0, 0.1) is 0 Å². The van der Waals surface area contributed by atoms with E-state index in [1.807, 2.05) is 37.3 Å². The summed E-state index contributed by atoms with van der Waals surface area (Å²) in [5, 5.41) is 0. The number of carbonyl (C=O) groups is 2. The standard InChI is InChI=1S/C17H18N4O3/c1-3-9-20-15(22)13-14(19(2)17(20)23)18-16-21(13)10-12(24-16)11-7-5-4-6-8-11/h4-8,10,13-14H,3,9H2,1-2H3. The Kier molecular flexibility index (Phi) is 3.30. The molecule has 0 saturated carbocycles. The molecular formula is C17H18N4O3. The maximum atomic E-state index is 12.8. The minimum atomic E-state index is -0.560. The van der Waals surface area contributed by atoms with Crippen molar-refractivity contribution in [3.05, 3.63) is 42.1 Å². The summed E-state index contributed by atoms with van der Waals surface area (Å²) in [5.41, 5.74) is 0.921. The zero-order valence-electron chi connectivity index (χ0n) is 13.5. The first kappa shape index (κ1) is 14.7. The molecule has 1 aromatic carbocycles. The number of urea groups is 1. The van der Waals surface area contributed by atoms with E-state index in [0.29, 0.717) is 18.3 Å². The van der Waals surface area contributed by atoms with E-state index in [2.05, 4.69) is 4.99 Å². The Balaban J connectivity index is 1.67. The minimum absolute atomic E-state index is 0.224. The quantitative estimate of drug-likeness (QED) is 0.848. The third-order valence-electron chi connectivity index (χ3n) is 4.46. The second-order valence-corrected chi connectivity index (χ2v) is 6.02. The largest absolute Gasteiger partial charge is 0.423 e. The maximum Gasteiger partial charge on any atom is 0.328 e. The Morgan fingerprint density at radius 3 is 2.67 bits per heavy atom. The van der Waals surface area contributed by atoms with E-state index in [1.54, 1.807) is 18.1 Å². The highest BCUT2D eigenvalue weighted by molar-refractivity contribution is 6.04. The van der Waals surface area contributed by atoms with E-state index in [9.17, 15) is 9.59 Å². The molecular weight excluding hydrogens is 308 g/mol. The van der Waals surface area contributed by atoms with Crippen LogP contribution >= 0.6 is 0 Å². The van der Waals surface area contributed by atoms with E-state index in [1.165, 1.54) is 9.80 Å². The van der Waals surface area contributed by atoms with E-state index in [4.69, 9.17) is 4.74 Å². The predicted molar refractivity (Wildman–Crippen MR) is 87.5 cm³/mol. The lowest BCUT2D eigenvalue weighted by atomic mass is 10.1. The smallest absolute Gasteiger partial charge is 0.328 e. The van der Waals surface area contributed by atoms with Gasteiger partial charge < -0.3 is 9.64 Å². The van der Waals surface area contributed by atoms with Gasteiger partial charge in [0.25, 0.3) is 11.9 Å². The third-order valence-corrected chi connectivity index (χ3v) is 4.46. The summed E-state index contributed by atoms with van der Waals surface area (Å²) >= 11 is 0. The summed E-state index contributed by atoms with van der Waals surface area (Å²) < 4.78 is 5.82. The van der Waals surface area contributed by atoms with Crippen LogP contribution in [0.5, 0.6) is 0 Å². The van der Waals surface area contributed by atoms with Crippen molar-refractivity contribution >= 4 is 23.7 Å². The number of fused-ring (bicyclic) bond motifs is 3. The van der Waals surface area contributed by atoms with Crippen molar-refractivity contribution in [1.29, 1.82) is 0 Å². The summed E-state index contributed by atoms with van der Waals surface area (Å²) in [6.07, 6.45) is 1.98. The summed E-state index contributed by atoms with van der Waals surface area (Å²) in [7, 11) is 1.67. The SMILES string of the molecule is CCCN1C(=O)C2C(N=C3OC(c4ccccc4)=CN32)N(C)C1=O. The van der Waals surface area contributed by atoms with Crippen molar-refractivity contribution in [3.63, 3.8) is 0 Å². The van der Waals surface area contributed by atoms with Gasteiger partial charge in [0.2, 0.25) is 0 Å². The van der Waals surface area contributed by atoms with Crippen LogP contribution in [0.4, 0.5) is 4.79 Å². The third kappa shape index (κ3) is 2.01. The fraction of sp³-hybridized carbons (Fsp3) is 0.353. The number of imide groups is 1. The van der Waals surface area contributed by atoms with Crippen molar-refractivity contribution in [2.45, 2.75) is 25.6 Å². The van der Waals surface area contributed by atoms with Gasteiger partial charge in [-0.05, 0) is 6.42 Å². The number of amides is 3. The van der Waals surface area contributed by atoms with Crippen LogP contribution in [-0.4, -0.2) is 58.5 Å². The molecule has 0 spiro atoms. The Bertz CT molecular complexity index is 758. The molecule has 3 heterocycles. The molecule has 124 valence electrons. The van der Waals surface area contributed by atoms with Crippen molar-refractivity contribution in [2.24, 2.45) is 4.99 Å². The molecule has 1 fully saturated rings. The molecule has 24 heavy (non-hydrogen) atoms. The van der Waals surface area contributed by atoms with Crippen LogP contribution < -0.4 is 0 Å². The van der Waals surface area contributed by atoms with Crippen LogP contribution in [0.25, 0.3) is 5.76 Å². The van der Waals surface area contributed by atoms with E-state index >= 15 is 0 Å². The number of amidine groups is 1. The molecule has 7 heteroatoms. The molecule has 3 aliphatic rings. The van der Waals surface area contributed by atoms with Gasteiger partial charge in [-0.15, -0.1) is 0 Å². The normalized spacial score (nSPS) is 25.3.